The van der Waals surface area contributed by atoms with Crippen LogP contribution >= 0.6 is 46.2 Å². The van der Waals surface area contributed by atoms with Crippen LogP contribution in [0.5, 0.6) is 23.0 Å². The Morgan fingerprint density at radius 3 is 1.66 bits per heavy atom. The van der Waals surface area contributed by atoms with Gasteiger partial charge in [-0.25, -0.2) is 4.79 Å². The fourth-order valence-corrected chi connectivity index (χ4v) is 14.2. The zero-order valence-electron chi connectivity index (χ0n) is 35.4. The van der Waals surface area contributed by atoms with Crippen molar-refractivity contribution in [1.82, 2.24) is 9.80 Å². The Morgan fingerprint density at radius 1 is 0.662 bits per heavy atom. The lowest BCUT2D eigenvalue weighted by atomic mass is 9.77. The smallest absolute Gasteiger partial charge is 0.340 e. The number of thioether (sulfide) groups is 2. The number of fused-ring (bicyclic) bond motifs is 8. The zero-order chi connectivity index (χ0) is 44.6. The van der Waals surface area contributed by atoms with Crippen molar-refractivity contribution in [1.29, 1.82) is 0 Å². The molecule has 4 unspecified atom stereocenters. The van der Waals surface area contributed by atoms with E-state index in [0.717, 1.165) is 32.3 Å². The van der Waals surface area contributed by atoms with E-state index in [1.165, 1.54) is 0 Å². The van der Waals surface area contributed by atoms with Gasteiger partial charge >= 0.3 is 5.97 Å². The van der Waals surface area contributed by atoms with Crippen LogP contribution < -0.4 is 14.2 Å². The molecule has 330 valence electrons. The lowest BCUT2D eigenvalue weighted by Gasteiger charge is -2.50. The molecule has 11 rings (SSSR count). The number of benzene rings is 3. The maximum Gasteiger partial charge on any atom is 0.340 e. The number of thiophene rings is 2. The lowest BCUT2D eigenvalue weighted by molar-refractivity contribution is -0.149. The lowest BCUT2D eigenvalue weighted by Crippen LogP contribution is -2.60. The molecule has 3 aromatic carbocycles. The molecule has 0 bridgehead atoms. The second-order valence-electron chi connectivity index (χ2n) is 17.0. The van der Waals surface area contributed by atoms with Gasteiger partial charge in [0.15, 0.2) is 5.60 Å². The molecule has 6 aliphatic heterocycles. The molecule has 2 saturated heterocycles. The highest BCUT2D eigenvalue weighted by atomic mass is 32.2. The number of rotatable bonds is 14. The number of ketones is 2. The van der Waals surface area contributed by atoms with Gasteiger partial charge in [-0.2, -0.15) is 0 Å². The first-order valence-corrected chi connectivity index (χ1v) is 25.3. The van der Waals surface area contributed by atoms with Crippen molar-refractivity contribution in [2.24, 2.45) is 11.8 Å². The molecule has 0 aliphatic carbocycles. The number of carbonyl (C=O) groups is 5. The third-order valence-corrected chi connectivity index (χ3v) is 17.7. The van der Waals surface area contributed by atoms with Gasteiger partial charge in [-0.05, 0) is 78.2 Å². The number of amides is 2. The average Bonchev–Trinajstić information content (AvgIpc) is 4.08. The van der Waals surface area contributed by atoms with Gasteiger partial charge in [0.25, 0.3) is 0 Å². The molecule has 65 heavy (non-hydrogen) atoms. The molecule has 0 radical (unpaired) electrons. The van der Waals surface area contributed by atoms with Crippen molar-refractivity contribution in [3.8, 4) is 23.0 Å². The van der Waals surface area contributed by atoms with Crippen LogP contribution in [0.15, 0.2) is 118 Å². The summed E-state index contributed by atoms with van der Waals surface area (Å²) in [6.07, 6.45) is 1.22. The first-order chi connectivity index (χ1) is 31.6. The molecule has 5 aromatic rings. The van der Waals surface area contributed by atoms with Gasteiger partial charge in [0, 0.05) is 87.2 Å². The van der Waals surface area contributed by atoms with E-state index >= 15 is 0 Å². The van der Waals surface area contributed by atoms with Crippen LogP contribution in [0.3, 0.4) is 0 Å². The van der Waals surface area contributed by atoms with Crippen LogP contribution in [0.2, 0.25) is 0 Å². The summed E-state index contributed by atoms with van der Waals surface area (Å²) >= 11 is 6.44. The molecule has 4 atom stereocenters. The monoisotopic (exact) mass is 942 g/mol. The van der Waals surface area contributed by atoms with Gasteiger partial charge in [-0.15, -0.1) is 46.2 Å². The Kier molecular flexibility index (Phi) is 10.8. The molecule has 15 heteroatoms. The summed E-state index contributed by atoms with van der Waals surface area (Å²) in [6, 6.07) is 26.2. The fourth-order valence-electron chi connectivity index (χ4n) is 9.74. The third kappa shape index (κ3) is 7.22. The molecule has 2 aromatic heterocycles. The van der Waals surface area contributed by atoms with Crippen LogP contribution in [0.25, 0.3) is 0 Å². The molecule has 6 aliphatic rings. The molecule has 2 fully saturated rings. The predicted molar refractivity (Wildman–Crippen MR) is 250 cm³/mol. The molecule has 1 spiro atoms. The second kappa shape index (κ2) is 16.7. The molecule has 2 amide bonds. The first-order valence-electron chi connectivity index (χ1n) is 21.5. The molecule has 11 nitrogen and oxygen atoms in total. The summed E-state index contributed by atoms with van der Waals surface area (Å²) in [4.78, 5) is 71.4. The highest BCUT2D eigenvalue weighted by Crippen LogP contribution is 2.57. The summed E-state index contributed by atoms with van der Waals surface area (Å²) in [5, 5.41) is 3.79. The Hall–Kier alpha value is -5.61. The molecular weight excluding hydrogens is 901 g/mol. The van der Waals surface area contributed by atoms with E-state index in [2.05, 4.69) is 0 Å². The summed E-state index contributed by atoms with van der Waals surface area (Å²) in [6.45, 7) is 4.38. The van der Waals surface area contributed by atoms with Crippen molar-refractivity contribution < 1.29 is 42.9 Å². The highest BCUT2D eigenvalue weighted by Gasteiger charge is 2.55. The van der Waals surface area contributed by atoms with Gasteiger partial charge in [0.1, 0.15) is 47.8 Å². The normalized spacial score (nSPS) is 23.7. The minimum atomic E-state index is -1.28. The number of esters is 1. The summed E-state index contributed by atoms with van der Waals surface area (Å²) < 4.78 is 25.8. The number of Topliss-reactive ketones (excluding diaryl/α,β-unsaturated/α-hetero) is 2. The third-order valence-electron chi connectivity index (χ3n) is 13.2. The second-order valence-corrected chi connectivity index (χ2v) is 21.3. The minimum absolute atomic E-state index is 0.0228. The van der Waals surface area contributed by atoms with E-state index in [4.69, 9.17) is 18.9 Å². The number of nitrogens with zero attached hydrogens (tertiary/aromatic N) is 2. The number of allylic oxidation sites excluding steroid dienone is 2. The van der Waals surface area contributed by atoms with E-state index in [9.17, 15) is 24.0 Å². The van der Waals surface area contributed by atoms with Crippen molar-refractivity contribution >= 4 is 75.5 Å². The maximum atomic E-state index is 13.5. The van der Waals surface area contributed by atoms with Gasteiger partial charge in [0.2, 0.25) is 11.8 Å². The summed E-state index contributed by atoms with van der Waals surface area (Å²) in [7, 11) is 0. The Morgan fingerprint density at radius 2 is 1.17 bits per heavy atom. The van der Waals surface area contributed by atoms with Crippen molar-refractivity contribution in [3.05, 3.63) is 150 Å². The highest BCUT2D eigenvalue weighted by molar-refractivity contribution is 8.00. The van der Waals surface area contributed by atoms with Crippen LogP contribution in [0.1, 0.15) is 63.5 Å². The standard InChI is InChI=1S/C50H42N2O9S4/c1-27-29(25-64-47-38(45(55)51(27)47)19-31(53)17-35-7-5-15-62-35)23-58-33-11-13-41-43(21-33)60-44-22-34(12-14-42(44)50(41)40-10-4-3-9-37(40)49(57)61-50)59-24-30-26-65-48-39(46(56)52(48)28(30)2)20-32(54)18-36-8-6-16-63-36/h3-16,21-22,38-39,47-48H,17-20,23-26H2,1-2H3. The van der Waals surface area contributed by atoms with Crippen LogP contribution in [-0.2, 0) is 42.4 Å². The van der Waals surface area contributed by atoms with Crippen LogP contribution in [0, 0.1) is 11.8 Å². The Labute approximate surface area is 391 Å². The van der Waals surface area contributed by atoms with E-state index in [0.29, 0.717) is 69.6 Å². The van der Waals surface area contributed by atoms with E-state index < -0.39 is 11.6 Å². The SMILES string of the molecule is CC1=C(COc2ccc3c(c2)Oc2cc(OCC4=C(C)N5C(=O)C(CC(=O)Cc6cccs6)C5SC4)ccc2C32OC(=O)c3ccccc32)CSC2C(CC(=O)Cc3cccs3)C(=O)N12. The van der Waals surface area contributed by atoms with Crippen LogP contribution in [-0.4, -0.2) is 74.6 Å². The zero-order valence-corrected chi connectivity index (χ0v) is 38.7. The molecule has 0 N–H and O–H groups in total. The topological polar surface area (TPSA) is 129 Å². The van der Waals surface area contributed by atoms with Crippen molar-refractivity contribution in [2.75, 3.05) is 24.7 Å². The predicted octanol–water partition coefficient (Wildman–Crippen LogP) is 9.15. The molecular formula is C50H42N2O9S4. The van der Waals surface area contributed by atoms with E-state index in [1.807, 2.05) is 91.3 Å². The van der Waals surface area contributed by atoms with Gasteiger partial charge < -0.3 is 28.7 Å². The number of hydrogen-bond acceptors (Lipinski definition) is 13. The summed E-state index contributed by atoms with van der Waals surface area (Å²) in [5.74, 6) is 2.40. The van der Waals surface area contributed by atoms with Gasteiger partial charge in [-0.3, -0.25) is 19.2 Å². The van der Waals surface area contributed by atoms with Crippen molar-refractivity contribution in [2.45, 2.75) is 55.9 Å². The maximum absolute atomic E-state index is 13.5. The molecule has 0 saturated carbocycles. The first kappa shape index (κ1) is 42.1. The van der Waals surface area contributed by atoms with E-state index in [-0.39, 0.29) is 72.0 Å². The minimum Gasteiger partial charge on any atom is -0.489 e. The quantitative estimate of drug-likeness (QED) is 0.0781. The Balaban J connectivity index is 0.796. The fraction of sp³-hybridized carbons (Fsp3) is 0.300. The van der Waals surface area contributed by atoms with Crippen LogP contribution in [0.4, 0.5) is 0 Å². The summed E-state index contributed by atoms with van der Waals surface area (Å²) in [5.41, 5.74) is 4.90. The van der Waals surface area contributed by atoms with Gasteiger partial charge in [-0.1, -0.05) is 30.3 Å². The Bertz CT molecular complexity index is 2710. The number of ether oxygens (including phenoxy) is 4. The van der Waals surface area contributed by atoms with Gasteiger partial charge in [0.05, 0.1) is 28.1 Å². The number of hydrogen-bond donors (Lipinski definition) is 0. The largest absolute Gasteiger partial charge is 0.489 e. The average molecular weight is 943 g/mol. The van der Waals surface area contributed by atoms with Crippen molar-refractivity contribution in [3.63, 3.8) is 0 Å². The van der Waals surface area contributed by atoms with E-state index in [1.54, 1.807) is 74.2 Å². The number of β-lactam (4-membered cyclic amide) rings is 2. The number of carbonyl (C=O) groups excluding carboxylic acids is 5. The molecule has 8 heterocycles.